The van der Waals surface area contributed by atoms with Crippen molar-refractivity contribution in [3.05, 3.63) is 41.7 Å². The standard InChI is InChI=1S/C13H13N3O/c1-16-8-11(7-15-16)10-4-9-5-12(17)2-3-13(9)14-6-10/h2-5,7-8,14,17H,6H2,1H3. The van der Waals surface area contributed by atoms with E-state index < -0.39 is 0 Å². The van der Waals surface area contributed by atoms with Crippen LogP contribution in [0.1, 0.15) is 11.1 Å². The van der Waals surface area contributed by atoms with Crippen LogP contribution in [0.2, 0.25) is 0 Å². The smallest absolute Gasteiger partial charge is 0.116 e. The molecule has 4 nitrogen and oxygen atoms in total. The second kappa shape index (κ2) is 3.66. The third-order valence-electron chi connectivity index (χ3n) is 2.91. The van der Waals surface area contributed by atoms with E-state index in [1.54, 1.807) is 16.8 Å². The summed E-state index contributed by atoms with van der Waals surface area (Å²) in [6.07, 6.45) is 5.92. The molecule has 0 saturated heterocycles. The molecule has 0 aliphatic carbocycles. The molecule has 0 saturated carbocycles. The molecule has 2 aromatic rings. The molecule has 4 heteroatoms. The number of rotatable bonds is 1. The Bertz CT molecular complexity index is 598. The molecule has 0 atom stereocenters. The van der Waals surface area contributed by atoms with Gasteiger partial charge in [-0.25, -0.2) is 0 Å². The highest BCUT2D eigenvalue weighted by Gasteiger charge is 2.12. The second-order valence-electron chi connectivity index (χ2n) is 4.20. The summed E-state index contributed by atoms with van der Waals surface area (Å²) in [6.45, 7) is 0.781. The Morgan fingerprint density at radius 2 is 2.29 bits per heavy atom. The molecular formula is C13H13N3O. The first-order valence-electron chi connectivity index (χ1n) is 5.49. The molecule has 86 valence electrons. The van der Waals surface area contributed by atoms with Gasteiger partial charge in [0.2, 0.25) is 0 Å². The average Bonchev–Trinajstić information content (AvgIpc) is 2.75. The number of phenolic OH excluding ortho intramolecular Hbond substituents is 1. The summed E-state index contributed by atoms with van der Waals surface area (Å²) in [7, 11) is 1.90. The zero-order chi connectivity index (χ0) is 11.8. The van der Waals surface area contributed by atoms with E-state index in [4.69, 9.17) is 0 Å². The lowest BCUT2D eigenvalue weighted by atomic mass is 10.0. The van der Waals surface area contributed by atoms with Gasteiger partial charge in [-0.05, 0) is 29.8 Å². The van der Waals surface area contributed by atoms with Gasteiger partial charge in [-0.3, -0.25) is 4.68 Å². The third kappa shape index (κ3) is 1.78. The van der Waals surface area contributed by atoms with Crippen LogP contribution in [-0.4, -0.2) is 21.4 Å². The zero-order valence-electron chi connectivity index (χ0n) is 9.51. The lowest BCUT2D eigenvalue weighted by Gasteiger charge is -2.18. The lowest BCUT2D eigenvalue weighted by Crippen LogP contribution is -2.09. The summed E-state index contributed by atoms with van der Waals surface area (Å²) in [4.78, 5) is 0. The summed E-state index contributed by atoms with van der Waals surface area (Å²) < 4.78 is 1.79. The van der Waals surface area contributed by atoms with Crippen LogP contribution < -0.4 is 5.32 Å². The number of aromatic nitrogens is 2. The van der Waals surface area contributed by atoms with Crippen LogP contribution in [0.15, 0.2) is 30.6 Å². The largest absolute Gasteiger partial charge is 0.508 e. The summed E-state index contributed by atoms with van der Waals surface area (Å²) in [5, 5.41) is 17.0. The van der Waals surface area contributed by atoms with Gasteiger partial charge in [0, 0.05) is 36.6 Å². The van der Waals surface area contributed by atoms with E-state index in [0.29, 0.717) is 0 Å². The predicted octanol–water partition coefficient (Wildman–Crippen LogP) is 2.09. The highest BCUT2D eigenvalue weighted by molar-refractivity contribution is 5.90. The number of hydrogen-bond acceptors (Lipinski definition) is 3. The van der Waals surface area contributed by atoms with Crippen LogP contribution in [0.3, 0.4) is 0 Å². The molecule has 1 aliphatic heterocycles. The molecule has 1 aromatic heterocycles. The van der Waals surface area contributed by atoms with E-state index in [0.717, 1.165) is 23.4 Å². The van der Waals surface area contributed by atoms with E-state index >= 15 is 0 Å². The van der Waals surface area contributed by atoms with E-state index in [-0.39, 0.29) is 5.75 Å². The Kier molecular flexibility index (Phi) is 2.14. The summed E-state index contributed by atoms with van der Waals surface area (Å²) in [5.41, 5.74) is 4.34. The second-order valence-corrected chi connectivity index (χ2v) is 4.20. The van der Waals surface area contributed by atoms with Crippen LogP contribution in [-0.2, 0) is 7.05 Å². The highest BCUT2D eigenvalue weighted by Crippen LogP contribution is 2.30. The summed E-state index contributed by atoms with van der Waals surface area (Å²) >= 11 is 0. The van der Waals surface area contributed by atoms with Gasteiger partial charge in [0.25, 0.3) is 0 Å². The number of anilines is 1. The average molecular weight is 227 g/mol. The Balaban J connectivity index is 2.04. The van der Waals surface area contributed by atoms with Crippen molar-refractivity contribution in [2.24, 2.45) is 7.05 Å². The molecular weight excluding hydrogens is 214 g/mol. The van der Waals surface area contributed by atoms with Crippen molar-refractivity contribution < 1.29 is 5.11 Å². The fourth-order valence-electron chi connectivity index (χ4n) is 2.03. The van der Waals surface area contributed by atoms with Crippen molar-refractivity contribution in [3.63, 3.8) is 0 Å². The molecule has 3 rings (SSSR count). The van der Waals surface area contributed by atoms with Gasteiger partial charge in [-0.2, -0.15) is 5.10 Å². The lowest BCUT2D eigenvalue weighted by molar-refractivity contribution is 0.475. The van der Waals surface area contributed by atoms with Gasteiger partial charge in [0.05, 0.1) is 6.20 Å². The number of benzene rings is 1. The zero-order valence-corrected chi connectivity index (χ0v) is 9.51. The first kappa shape index (κ1) is 9.96. The van der Waals surface area contributed by atoms with E-state index in [9.17, 15) is 5.11 Å². The van der Waals surface area contributed by atoms with Gasteiger partial charge >= 0.3 is 0 Å². The van der Waals surface area contributed by atoms with E-state index in [1.165, 1.54) is 5.57 Å². The van der Waals surface area contributed by atoms with Crippen molar-refractivity contribution in [3.8, 4) is 5.75 Å². The van der Waals surface area contributed by atoms with E-state index in [1.807, 2.05) is 25.5 Å². The van der Waals surface area contributed by atoms with Crippen molar-refractivity contribution >= 4 is 17.3 Å². The van der Waals surface area contributed by atoms with Crippen molar-refractivity contribution in [2.75, 3.05) is 11.9 Å². The molecule has 17 heavy (non-hydrogen) atoms. The van der Waals surface area contributed by atoms with Gasteiger partial charge < -0.3 is 10.4 Å². The predicted molar refractivity (Wildman–Crippen MR) is 67.7 cm³/mol. The maximum atomic E-state index is 9.48. The number of nitrogens with zero attached hydrogens (tertiary/aromatic N) is 2. The minimum atomic E-state index is 0.286. The Morgan fingerprint density at radius 1 is 1.41 bits per heavy atom. The maximum absolute atomic E-state index is 9.48. The molecule has 2 heterocycles. The molecule has 2 N–H and O–H groups in total. The molecule has 0 spiro atoms. The number of aryl methyl sites for hydroxylation is 1. The van der Waals surface area contributed by atoms with Crippen LogP contribution >= 0.6 is 0 Å². The Hall–Kier alpha value is -2.23. The van der Waals surface area contributed by atoms with Crippen LogP contribution in [0.4, 0.5) is 5.69 Å². The number of aromatic hydroxyl groups is 1. The normalized spacial score (nSPS) is 13.8. The molecule has 1 aliphatic rings. The SMILES string of the molecule is Cn1cc(C2=Cc3cc(O)ccc3NC2)cn1. The topological polar surface area (TPSA) is 50.1 Å². The van der Waals surface area contributed by atoms with Crippen LogP contribution in [0, 0.1) is 0 Å². The number of fused-ring (bicyclic) bond motifs is 1. The van der Waals surface area contributed by atoms with Crippen molar-refractivity contribution in [1.82, 2.24) is 9.78 Å². The third-order valence-corrected chi connectivity index (χ3v) is 2.91. The molecule has 0 unspecified atom stereocenters. The number of phenols is 1. The minimum Gasteiger partial charge on any atom is -0.508 e. The van der Waals surface area contributed by atoms with Gasteiger partial charge in [-0.15, -0.1) is 0 Å². The fraction of sp³-hybridized carbons (Fsp3) is 0.154. The molecule has 0 bridgehead atoms. The molecule has 0 radical (unpaired) electrons. The molecule has 1 aromatic carbocycles. The van der Waals surface area contributed by atoms with Crippen LogP contribution in [0.5, 0.6) is 5.75 Å². The van der Waals surface area contributed by atoms with Crippen LogP contribution in [0.25, 0.3) is 11.6 Å². The van der Waals surface area contributed by atoms with E-state index in [2.05, 4.69) is 16.5 Å². The summed E-state index contributed by atoms with van der Waals surface area (Å²) in [5.74, 6) is 0.286. The van der Waals surface area contributed by atoms with Crippen molar-refractivity contribution in [2.45, 2.75) is 0 Å². The highest BCUT2D eigenvalue weighted by atomic mass is 16.3. The van der Waals surface area contributed by atoms with Gasteiger partial charge in [0.1, 0.15) is 5.75 Å². The number of hydrogen-bond donors (Lipinski definition) is 2. The molecule has 0 fully saturated rings. The van der Waals surface area contributed by atoms with Gasteiger partial charge in [0.15, 0.2) is 0 Å². The molecule has 0 amide bonds. The quantitative estimate of drug-likeness (QED) is 0.733. The monoisotopic (exact) mass is 227 g/mol. The minimum absolute atomic E-state index is 0.286. The Labute approximate surface area is 99.2 Å². The van der Waals surface area contributed by atoms with Gasteiger partial charge in [-0.1, -0.05) is 0 Å². The first-order valence-corrected chi connectivity index (χ1v) is 5.49. The maximum Gasteiger partial charge on any atom is 0.116 e. The Morgan fingerprint density at radius 3 is 3.06 bits per heavy atom. The fourth-order valence-corrected chi connectivity index (χ4v) is 2.03. The summed E-state index contributed by atoms with van der Waals surface area (Å²) in [6, 6.07) is 5.34. The number of nitrogens with one attached hydrogen (secondary N) is 1. The van der Waals surface area contributed by atoms with Crippen molar-refractivity contribution in [1.29, 1.82) is 0 Å². The first-order chi connectivity index (χ1) is 8.22.